The highest BCUT2D eigenvalue weighted by molar-refractivity contribution is 9.10. The van der Waals surface area contributed by atoms with E-state index >= 15 is 0 Å². The Morgan fingerprint density at radius 2 is 1.76 bits per heavy atom. The van der Waals surface area contributed by atoms with E-state index in [0.29, 0.717) is 21.8 Å². The number of amides is 4. The van der Waals surface area contributed by atoms with Crippen LogP contribution in [0.5, 0.6) is 11.5 Å². The van der Waals surface area contributed by atoms with Crippen LogP contribution in [-0.2, 0) is 19.2 Å². The summed E-state index contributed by atoms with van der Waals surface area (Å²) in [6.07, 6.45) is 1.95. The average Bonchev–Trinajstić information content (AvgIpc) is 3.26. The molecular formula is C29H24BrCl3N2O6. The molecule has 214 valence electrons. The van der Waals surface area contributed by atoms with Gasteiger partial charge in [0, 0.05) is 18.0 Å². The molecule has 0 aromatic heterocycles. The van der Waals surface area contributed by atoms with E-state index in [-0.39, 0.29) is 34.7 Å². The number of aromatic hydroxyl groups is 1. The fourth-order valence-electron chi connectivity index (χ4n) is 7.01. The quantitative estimate of drug-likeness (QED) is 0.267. The third-order valence-corrected chi connectivity index (χ3v) is 11.5. The second-order valence-electron chi connectivity index (χ2n) is 11.0. The molecule has 2 heterocycles. The van der Waals surface area contributed by atoms with E-state index < -0.39 is 51.1 Å². The highest BCUT2D eigenvalue weighted by atomic mass is 79.9. The maximum Gasteiger partial charge on any atom is 0.253 e. The number of fused-ring (bicyclic) bond motifs is 4. The summed E-state index contributed by atoms with van der Waals surface area (Å²) in [5, 5.41) is 10.9. The molecule has 41 heavy (non-hydrogen) atoms. The predicted octanol–water partition coefficient (Wildman–Crippen LogP) is 5.32. The molecule has 6 atom stereocenters. The van der Waals surface area contributed by atoms with Crippen molar-refractivity contribution in [3.8, 4) is 11.5 Å². The monoisotopic (exact) mass is 680 g/mol. The molecule has 0 unspecified atom stereocenters. The van der Waals surface area contributed by atoms with Gasteiger partial charge < -0.3 is 9.84 Å². The molecule has 3 fully saturated rings. The molecule has 2 aromatic carbocycles. The first kappa shape index (κ1) is 28.5. The van der Waals surface area contributed by atoms with Crippen LogP contribution in [0.2, 0.25) is 5.02 Å². The van der Waals surface area contributed by atoms with Gasteiger partial charge in [-0.3, -0.25) is 24.1 Å². The van der Waals surface area contributed by atoms with Gasteiger partial charge in [-0.1, -0.05) is 29.3 Å². The largest absolute Gasteiger partial charge is 0.503 e. The Morgan fingerprint density at radius 1 is 1.05 bits per heavy atom. The number of carbonyl (C=O) groups excluding carboxylic acids is 4. The SMILES string of the molecule is COc1cc([C@H]2C3=CC[C@@H]4C(=O)N(c5ccc(C)c(Cl)c5)C(=O)[C@@H]4[C@@H]3C[C@@]3(Cl)C(=O)N(C)C(=O)[C@@]23Cl)cc(Br)c1O. The maximum atomic E-state index is 14.1. The van der Waals surface area contributed by atoms with Crippen molar-refractivity contribution in [3.63, 3.8) is 0 Å². The number of halogens is 4. The molecule has 4 amide bonds. The lowest BCUT2D eigenvalue weighted by atomic mass is 9.56. The maximum absolute atomic E-state index is 14.1. The summed E-state index contributed by atoms with van der Waals surface area (Å²) in [5.41, 5.74) is 2.26. The van der Waals surface area contributed by atoms with E-state index in [0.717, 1.165) is 15.4 Å². The van der Waals surface area contributed by atoms with Crippen LogP contribution in [0.25, 0.3) is 0 Å². The first-order chi connectivity index (χ1) is 19.3. The Kier molecular flexibility index (Phi) is 6.58. The number of carbonyl (C=O) groups is 4. The molecule has 1 saturated carbocycles. The number of rotatable bonds is 3. The fourth-order valence-corrected chi connectivity index (χ4v) is 8.66. The molecule has 1 N–H and O–H groups in total. The third-order valence-electron chi connectivity index (χ3n) is 9.03. The molecule has 4 aliphatic rings. The number of methoxy groups -OCH3 is 1. The van der Waals surface area contributed by atoms with Crippen molar-refractivity contribution >= 4 is 80.0 Å². The molecule has 6 rings (SSSR count). The zero-order valence-corrected chi connectivity index (χ0v) is 25.9. The van der Waals surface area contributed by atoms with Crippen LogP contribution >= 0.6 is 50.7 Å². The summed E-state index contributed by atoms with van der Waals surface area (Å²) < 4.78 is 5.64. The van der Waals surface area contributed by atoms with Gasteiger partial charge in [0.05, 0.1) is 29.1 Å². The number of nitrogens with zero attached hydrogens (tertiary/aromatic N) is 2. The number of alkyl halides is 2. The van der Waals surface area contributed by atoms with Crippen molar-refractivity contribution in [3.05, 3.63) is 62.6 Å². The topological polar surface area (TPSA) is 104 Å². The standard InChI is InChI=1S/C29H24BrCl3N2O6/c1-12-4-5-14(10-19(12)31)35-24(37)16-7-6-15-17(21(16)25(35)38)11-28(32)26(39)34(2)27(40)29(28,33)22(15)13-8-18(30)23(36)20(9-13)41-3/h4-6,8-10,16-17,21-22,36H,7,11H2,1-3H3/t16-,17+,21-,22-,28+,29-/m0/s1. The van der Waals surface area contributed by atoms with Crippen molar-refractivity contribution in [2.45, 2.75) is 35.4 Å². The van der Waals surface area contributed by atoms with Crippen LogP contribution in [0, 0.1) is 24.7 Å². The van der Waals surface area contributed by atoms with Gasteiger partial charge in [-0.15, -0.1) is 23.2 Å². The Labute approximate surface area is 259 Å². The van der Waals surface area contributed by atoms with Crippen molar-refractivity contribution in [2.24, 2.45) is 17.8 Å². The number of hydrogen-bond acceptors (Lipinski definition) is 6. The van der Waals surface area contributed by atoms with Gasteiger partial charge in [-0.05, 0) is 77.0 Å². The van der Waals surface area contributed by atoms with Gasteiger partial charge in [0.25, 0.3) is 11.8 Å². The van der Waals surface area contributed by atoms with Crippen molar-refractivity contribution in [1.82, 2.24) is 4.90 Å². The van der Waals surface area contributed by atoms with Crippen molar-refractivity contribution < 1.29 is 29.0 Å². The minimum Gasteiger partial charge on any atom is -0.503 e. The lowest BCUT2D eigenvalue weighted by Crippen LogP contribution is -2.60. The number of anilines is 1. The smallest absolute Gasteiger partial charge is 0.253 e. The molecule has 0 bridgehead atoms. The highest BCUT2D eigenvalue weighted by Crippen LogP contribution is 2.65. The van der Waals surface area contributed by atoms with Crippen LogP contribution in [0.4, 0.5) is 5.69 Å². The number of hydrogen-bond donors (Lipinski definition) is 1. The van der Waals surface area contributed by atoms with Gasteiger partial charge in [-0.2, -0.15) is 0 Å². The Balaban J connectivity index is 1.53. The molecule has 8 nitrogen and oxygen atoms in total. The highest BCUT2D eigenvalue weighted by Gasteiger charge is 2.76. The minimum absolute atomic E-state index is 0.117. The Hall–Kier alpha value is -2.59. The lowest BCUT2D eigenvalue weighted by Gasteiger charge is -2.50. The molecule has 12 heteroatoms. The fraction of sp³-hybridized carbons (Fsp3) is 0.379. The third kappa shape index (κ3) is 3.65. The molecule has 2 saturated heterocycles. The summed E-state index contributed by atoms with van der Waals surface area (Å²) in [4.78, 5) is 53.3. The predicted molar refractivity (Wildman–Crippen MR) is 157 cm³/mol. The molecular weight excluding hydrogens is 659 g/mol. The van der Waals surface area contributed by atoms with E-state index in [4.69, 9.17) is 39.5 Å². The van der Waals surface area contributed by atoms with Gasteiger partial charge in [0.1, 0.15) is 0 Å². The number of aryl methyl sites for hydroxylation is 1. The van der Waals surface area contributed by atoms with E-state index in [2.05, 4.69) is 15.9 Å². The molecule has 2 aromatic rings. The number of phenolic OH excluding ortho intramolecular Hbond substituents is 1. The summed E-state index contributed by atoms with van der Waals surface area (Å²) in [5.74, 6) is -5.34. The molecule has 0 radical (unpaired) electrons. The van der Waals surface area contributed by atoms with Gasteiger partial charge in [0.15, 0.2) is 21.2 Å². The van der Waals surface area contributed by atoms with Gasteiger partial charge in [-0.25, -0.2) is 4.90 Å². The van der Waals surface area contributed by atoms with E-state index in [9.17, 15) is 24.3 Å². The zero-order valence-electron chi connectivity index (χ0n) is 22.1. The normalized spacial score (nSPS) is 32.6. The first-order valence-electron chi connectivity index (χ1n) is 12.9. The van der Waals surface area contributed by atoms with Crippen LogP contribution in [0.15, 0.2) is 46.5 Å². The molecule has 2 aliphatic carbocycles. The summed E-state index contributed by atoms with van der Waals surface area (Å²) in [6, 6.07) is 8.14. The van der Waals surface area contributed by atoms with Gasteiger partial charge >= 0.3 is 0 Å². The van der Waals surface area contributed by atoms with Crippen LogP contribution in [-0.4, -0.2) is 57.5 Å². The average molecular weight is 683 g/mol. The van der Waals surface area contributed by atoms with Crippen LogP contribution < -0.4 is 9.64 Å². The number of ether oxygens (including phenoxy) is 1. The van der Waals surface area contributed by atoms with E-state index in [1.54, 1.807) is 30.3 Å². The summed E-state index contributed by atoms with van der Waals surface area (Å²) in [7, 11) is 2.71. The van der Waals surface area contributed by atoms with Crippen molar-refractivity contribution in [1.29, 1.82) is 0 Å². The summed E-state index contributed by atoms with van der Waals surface area (Å²) in [6.45, 7) is 1.82. The lowest BCUT2D eigenvalue weighted by molar-refractivity contribution is -0.138. The first-order valence-corrected chi connectivity index (χ1v) is 14.8. The van der Waals surface area contributed by atoms with Crippen LogP contribution in [0.1, 0.15) is 29.9 Å². The number of imide groups is 2. The molecule has 2 aliphatic heterocycles. The Morgan fingerprint density at radius 3 is 2.41 bits per heavy atom. The van der Waals surface area contributed by atoms with E-state index in [1.165, 1.54) is 14.2 Å². The number of phenols is 1. The van der Waals surface area contributed by atoms with E-state index in [1.807, 2.05) is 13.0 Å². The zero-order chi connectivity index (χ0) is 29.8. The second-order valence-corrected chi connectivity index (χ2v) is 13.5. The minimum atomic E-state index is -1.94. The number of allylic oxidation sites excluding steroid dienone is 2. The summed E-state index contributed by atoms with van der Waals surface area (Å²) >= 11 is 24.0. The van der Waals surface area contributed by atoms with Gasteiger partial charge in [0.2, 0.25) is 11.8 Å². The Bertz CT molecular complexity index is 1610. The van der Waals surface area contributed by atoms with Crippen LogP contribution in [0.3, 0.4) is 0 Å². The number of likely N-dealkylation sites (tertiary alicyclic amines) is 1. The molecule has 0 spiro atoms. The second kappa shape index (κ2) is 9.46. The number of benzene rings is 2. The van der Waals surface area contributed by atoms with Crippen molar-refractivity contribution in [2.75, 3.05) is 19.1 Å².